The molecule has 0 unspecified atom stereocenters. The molecule has 2 aromatic carbocycles. The first-order valence-corrected chi connectivity index (χ1v) is 6.37. The Labute approximate surface area is 114 Å². The van der Waals surface area contributed by atoms with Crippen molar-refractivity contribution in [1.29, 1.82) is 0 Å². The zero-order valence-corrected chi connectivity index (χ0v) is 12.5. The topological polar surface area (TPSA) is 0 Å². The average Bonchev–Trinajstić information content (AvgIpc) is 2.17. The van der Waals surface area contributed by atoms with Gasteiger partial charge in [0.25, 0.3) is 15.2 Å². The summed E-state index contributed by atoms with van der Waals surface area (Å²) >= 11 is 0.246. The molecular formula is C14H15AlBr. The lowest BCUT2D eigenvalue weighted by Gasteiger charge is -2.02. The number of benzene rings is 2. The highest BCUT2D eigenvalue weighted by Crippen LogP contribution is 1.94. The average molecular weight is 290 g/mol. The summed E-state index contributed by atoms with van der Waals surface area (Å²) in [5.41, 5.74) is 2.71. The molecule has 0 heterocycles. The summed E-state index contributed by atoms with van der Waals surface area (Å²) in [4.78, 5) is 0. The second-order valence-electron chi connectivity index (χ2n) is 3.97. The van der Waals surface area contributed by atoms with Gasteiger partial charge in [-0.25, -0.2) is 0 Å². The minimum Gasteiger partial charge on any atom is -0.116 e. The second-order valence-corrected chi connectivity index (χ2v) is 5.59. The molecule has 1 radical (unpaired) electrons. The van der Waals surface area contributed by atoms with Gasteiger partial charge >= 0.3 is 0 Å². The van der Waals surface area contributed by atoms with Crippen LogP contribution in [0.3, 0.4) is 0 Å². The van der Waals surface area contributed by atoms with E-state index in [-0.39, 0.29) is 32.2 Å². The van der Waals surface area contributed by atoms with E-state index in [1.165, 1.54) is 20.0 Å². The summed E-state index contributed by atoms with van der Waals surface area (Å²) in [6.07, 6.45) is 0. The Balaban J connectivity index is 0.00000128. The summed E-state index contributed by atoms with van der Waals surface area (Å²) in [7, 11) is 0. The molecule has 2 heteroatoms. The molecule has 0 saturated heterocycles. The van der Waals surface area contributed by atoms with Crippen LogP contribution in [0.4, 0.5) is 0 Å². The molecule has 0 spiro atoms. The van der Waals surface area contributed by atoms with E-state index in [9.17, 15) is 0 Å². The maximum absolute atomic E-state index is 2.29. The Bertz CT molecular complexity index is 422. The van der Waals surface area contributed by atoms with Crippen molar-refractivity contribution in [2.75, 3.05) is 0 Å². The number of hydrogen-bond acceptors (Lipinski definition) is 0. The van der Waals surface area contributed by atoms with E-state index < -0.39 is 0 Å². The fraction of sp³-hybridized carbons (Fsp3) is 0.143. The monoisotopic (exact) mass is 289 g/mol. The van der Waals surface area contributed by atoms with Gasteiger partial charge in [-0.2, -0.15) is 0 Å². The van der Waals surface area contributed by atoms with Crippen molar-refractivity contribution < 1.29 is 0 Å². The van der Waals surface area contributed by atoms with Gasteiger partial charge in [0.15, 0.2) is 0 Å². The lowest BCUT2D eigenvalue weighted by Crippen LogP contribution is -2.27. The van der Waals surface area contributed by atoms with Crippen LogP contribution >= 0.6 is 17.0 Å². The zero-order chi connectivity index (χ0) is 10.7. The van der Waals surface area contributed by atoms with Gasteiger partial charge < -0.3 is 0 Å². The molecule has 0 aromatic heterocycles. The molecule has 0 amide bonds. The smallest absolute Gasteiger partial charge is 0.116 e. The highest BCUT2D eigenvalue weighted by molar-refractivity contribution is 8.93. The molecule has 0 aliphatic heterocycles. The first kappa shape index (κ1) is 13.5. The molecule has 16 heavy (non-hydrogen) atoms. The van der Waals surface area contributed by atoms with Gasteiger partial charge in [-0.1, -0.05) is 59.7 Å². The van der Waals surface area contributed by atoms with Crippen molar-refractivity contribution in [1.82, 2.24) is 0 Å². The van der Waals surface area contributed by atoms with Gasteiger partial charge in [-0.15, -0.1) is 25.8 Å². The van der Waals surface area contributed by atoms with E-state index in [1.54, 1.807) is 0 Å². The Morgan fingerprint density at radius 2 is 1.19 bits per heavy atom. The van der Waals surface area contributed by atoms with Crippen LogP contribution in [0, 0.1) is 13.8 Å². The molecule has 0 atom stereocenters. The van der Waals surface area contributed by atoms with Crippen LogP contribution < -0.4 is 8.85 Å². The van der Waals surface area contributed by atoms with Gasteiger partial charge in [0.05, 0.1) is 0 Å². The van der Waals surface area contributed by atoms with Crippen LogP contribution in [-0.4, -0.2) is 15.2 Å². The molecule has 0 bridgehead atoms. The van der Waals surface area contributed by atoms with Crippen LogP contribution in [-0.2, 0) is 0 Å². The van der Waals surface area contributed by atoms with Gasteiger partial charge in [-0.05, 0) is 13.8 Å². The van der Waals surface area contributed by atoms with Crippen LogP contribution in [0.1, 0.15) is 11.1 Å². The Kier molecular flexibility index (Phi) is 5.28. The highest BCUT2D eigenvalue weighted by Gasteiger charge is 1.99. The van der Waals surface area contributed by atoms with Gasteiger partial charge in [0.2, 0.25) is 0 Å². The number of aryl methyl sites for hydroxylation is 2. The quantitative estimate of drug-likeness (QED) is 0.746. The van der Waals surface area contributed by atoms with Crippen molar-refractivity contribution in [3.8, 4) is 0 Å². The third-order valence-corrected chi connectivity index (χ3v) is 3.80. The summed E-state index contributed by atoms with van der Waals surface area (Å²) < 4.78 is 2.95. The fourth-order valence-corrected chi connectivity index (χ4v) is 3.20. The normalized spacial score (nSPS) is 9.38. The van der Waals surface area contributed by atoms with Crippen molar-refractivity contribution in [2.45, 2.75) is 13.8 Å². The Morgan fingerprint density at radius 3 is 1.56 bits per heavy atom. The van der Waals surface area contributed by atoms with E-state index in [4.69, 9.17) is 0 Å². The molecule has 0 N–H and O–H groups in total. The predicted octanol–water partition coefficient (Wildman–Crippen LogP) is 2.54. The van der Waals surface area contributed by atoms with E-state index >= 15 is 0 Å². The number of hydrogen-bond donors (Lipinski definition) is 0. The third kappa shape index (κ3) is 3.79. The van der Waals surface area contributed by atoms with E-state index in [1.807, 2.05) is 0 Å². The van der Waals surface area contributed by atoms with Gasteiger partial charge in [-0.3, -0.25) is 0 Å². The van der Waals surface area contributed by atoms with Crippen molar-refractivity contribution >= 4 is 41.1 Å². The molecule has 2 aromatic rings. The maximum Gasteiger partial charge on any atom is 0.298 e. The van der Waals surface area contributed by atoms with Crippen LogP contribution in [0.5, 0.6) is 0 Å². The third-order valence-electron chi connectivity index (χ3n) is 2.42. The minimum absolute atomic E-state index is 0. The first-order valence-electron chi connectivity index (χ1n) is 5.22. The Morgan fingerprint density at radius 1 is 0.750 bits per heavy atom. The number of rotatable bonds is 2. The predicted molar refractivity (Wildman–Crippen MR) is 77.7 cm³/mol. The van der Waals surface area contributed by atoms with Crippen LogP contribution in [0.15, 0.2) is 48.5 Å². The van der Waals surface area contributed by atoms with Gasteiger partial charge in [0.1, 0.15) is 0 Å². The Hall–Kier alpha value is -0.548. The molecular weight excluding hydrogens is 275 g/mol. The largest absolute Gasteiger partial charge is 0.298 e. The van der Waals surface area contributed by atoms with Crippen molar-refractivity contribution in [3.63, 3.8) is 0 Å². The summed E-state index contributed by atoms with van der Waals surface area (Å²) in [6, 6.07) is 17.6. The second kappa shape index (κ2) is 6.25. The zero-order valence-electron chi connectivity index (χ0n) is 9.60. The minimum atomic E-state index is 0. The highest BCUT2D eigenvalue weighted by atomic mass is 79.9. The molecule has 2 rings (SSSR count). The molecule has 81 valence electrons. The van der Waals surface area contributed by atoms with E-state index in [2.05, 4.69) is 62.4 Å². The molecule has 0 fully saturated rings. The number of halogens is 1. The molecule has 0 aliphatic rings. The van der Waals surface area contributed by atoms with Gasteiger partial charge in [0, 0.05) is 0 Å². The molecule has 0 nitrogen and oxygen atoms in total. The summed E-state index contributed by atoms with van der Waals surface area (Å²) in [5, 5.41) is 0. The van der Waals surface area contributed by atoms with E-state index in [0.29, 0.717) is 0 Å². The summed E-state index contributed by atoms with van der Waals surface area (Å²) in [5.74, 6) is 0. The summed E-state index contributed by atoms with van der Waals surface area (Å²) in [6.45, 7) is 4.30. The van der Waals surface area contributed by atoms with E-state index in [0.717, 1.165) is 0 Å². The SMILES string of the molecule is Br.Cc1ccc[c]([Al][c]2cccc(C)c2)c1. The standard InChI is InChI=1S/2C7H7.Al.BrH/c2*1-7-5-3-2-4-6-7;;/h2*2-3,5-6H,1H3;;1H. The lowest BCUT2D eigenvalue weighted by molar-refractivity contribution is 1.49. The maximum atomic E-state index is 2.29. The van der Waals surface area contributed by atoms with Crippen molar-refractivity contribution in [3.05, 3.63) is 59.7 Å². The first-order chi connectivity index (χ1) is 7.24. The van der Waals surface area contributed by atoms with Crippen LogP contribution in [0.2, 0.25) is 0 Å². The van der Waals surface area contributed by atoms with Crippen molar-refractivity contribution in [2.24, 2.45) is 0 Å². The lowest BCUT2D eigenvalue weighted by atomic mass is 10.2. The molecule has 0 saturated carbocycles. The molecule has 0 aliphatic carbocycles. The fourth-order valence-electron chi connectivity index (χ4n) is 1.71. The van der Waals surface area contributed by atoms with Crippen LogP contribution in [0.25, 0.3) is 0 Å².